The van der Waals surface area contributed by atoms with Crippen molar-refractivity contribution >= 4 is 17.4 Å². The second-order valence-corrected chi connectivity index (χ2v) is 6.39. The molecule has 0 atom stereocenters. The fourth-order valence-electron chi connectivity index (χ4n) is 3.01. The molecule has 1 aliphatic rings. The van der Waals surface area contributed by atoms with Gasteiger partial charge in [-0.2, -0.15) is 4.98 Å². The molecular weight excluding hydrogens is 324 g/mol. The van der Waals surface area contributed by atoms with Crippen LogP contribution in [0.15, 0.2) is 47.1 Å². The lowest BCUT2D eigenvalue weighted by molar-refractivity contribution is 0.432. The van der Waals surface area contributed by atoms with Gasteiger partial charge in [0, 0.05) is 22.8 Å². The van der Waals surface area contributed by atoms with Crippen molar-refractivity contribution in [2.24, 2.45) is 0 Å². The van der Waals surface area contributed by atoms with E-state index in [1.807, 2.05) is 36.4 Å². The molecular formula is C18H17ClN4O. The molecule has 1 aliphatic carbocycles. The number of nitrogens with one attached hydrogen (secondary N) is 1. The molecule has 0 bridgehead atoms. The predicted molar refractivity (Wildman–Crippen MR) is 93.9 cm³/mol. The molecule has 0 radical (unpaired) electrons. The molecule has 2 aromatic heterocycles. The zero-order valence-corrected chi connectivity index (χ0v) is 13.8. The van der Waals surface area contributed by atoms with Crippen molar-refractivity contribution < 1.29 is 4.52 Å². The molecule has 24 heavy (non-hydrogen) atoms. The van der Waals surface area contributed by atoms with Gasteiger partial charge in [0.15, 0.2) is 0 Å². The van der Waals surface area contributed by atoms with Gasteiger partial charge in [-0.1, -0.05) is 29.6 Å². The molecule has 5 nitrogen and oxygen atoms in total. The molecule has 6 heteroatoms. The van der Waals surface area contributed by atoms with E-state index in [1.54, 1.807) is 6.20 Å². The van der Waals surface area contributed by atoms with Crippen LogP contribution in [-0.4, -0.2) is 21.2 Å². The molecule has 2 heterocycles. The number of aromatic nitrogens is 3. The number of anilines is 1. The van der Waals surface area contributed by atoms with Gasteiger partial charge in [-0.25, -0.2) is 4.98 Å². The minimum atomic E-state index is 0.466. The van der Waals surface area contributed by atoms with Crippen LogP contribution in [0.4, 0.5) is 5.82 Å². The third kappa shape index (κ3) is 3.12. The van der Waals surface area contributed by atoms with Crippen molar-refractivity contribution in [1.29, 1.82) is 0 Å². The Balaban J connectivity index is 1.63. The SMILES string of the molecule is Clc1ccc(-c2noc(-c3cccnc3NC3CCCC3)n2)cc1. The van der Waals surface area contributed by atoms with Crippen molar-refractivity contribution in [3.8, 4) is 22.8 Å². The van der Waals surface area contributed by atoms with Crippen molar-refractivity contribution in [3.63, 3.8) is 0 Å². The van der Waals surface area contributed by atoms with Gasteiger partial charge in [0.1, 0.15) is 5.82 Å². The van der Waals surface area contributed by atoms with Crippen LogP contribution in [0.25, 0.3) is 22.8 Å². The van der Waals surface area contributed by atoms with Crippen LogP contribution in [0.5, 0.6) is 0 Å². The smallest absolute Gasteiger partial charge is 0.261 e. The standard InChI is InChI=1S/C18H17ClN4O/c19-13-9-7-12(8-10-13)16-22-18(24-23-16)15-6-3-11-20-17(15)21-14-4-1-2-5-14/h3,6-11,14H,1-2,4-5H2,(H,20,21). The van der Waals surface area contributed by atoms with Crippen LogP contribution in [0.1, 0.15) is 25.7 Å². The first kappa shape index (κ1) is 15.1. The summed E-state index contributed by atoms with van der Waals surface area (Å²) in [5.74, 6) is 1.81. The summed E-state index contributed by atoms with van der Waals surface area (Å²) in [5, 5.41) is 8.27. The first-order chi connectivity index (χ1) is 11.8. The average molecular weight is 341 g/mol. The number of benzene rings is 1. The Bertz CT molecular complexity index is 825. The second-order valence-electron chi connectivity index (χ2n) is 5.96. The zero-order chi connectivity index (χ0) is 16.4. The summed E-state index contributed by atoms with van der Waals surface area (Å²) in [7, 11) is 0. The maximum atomic E-state index is 5.92. The summed E-state index contributed by atoms with van der Waals surface area (Å²) in [6, 6.07) is 11.7. The molecule has 0 aliphatic heterocycles. The lowest BCUT2D eigenvalue weighted by atomic mass is 10.2. The van der Waals surface area contributed by atoms with E-state index in [0.717, 1.165) is 16.9 Å². The Morgan fingerprint density at radius 3 is 2.67 bits per heavy atom. The lowest BCUT2D eigenvalue weighted by Gasteiger charge is -2.14. The molecule has 1 fully saturated rings. The number of halogens is 1. The fraction of sp³-hybridized carbons (Fsp3) is 0.278. The summed E-state index contributed by atoms with van der Waals surface area (Å²) >= 11 is 5.92. The Hall–Kier alpha value is -2.40. The van der Waals surface area contributed by atoms with Gasteiger partial charge in [-0.15, -0.1) is 0 Å². The molecule has 0 unspecified atom stereocenters. The summed E-state index contributed by atoms with van der Waals surface area (Å²) in [6.07, 6.45) is 6.66. The Morgan fingerprint density at radius 2 is 1.88 bits per heavy atom. The zero-order valence-electron chi connectivity index (χ0n) is 13.1. The minimum absolute atomic E-state index is 0.466. The molecule has 0 saturated heterocycles. The largest absolute Gasteiger partial charge is 0.367 e. The molecule has 3 aromatic rings. The number of hydrogen-bond donors (Lipinski definition) is 1. The highest BCUT2D eigenvalue weighted by molar-refractivity contribution is 6.30. The normalized spacial score (nSPS) is 14.9. The molecule has 1 aromatic carbocycles. The van der Waals surface area contributed by atoms with Crippen LogP contribution >= 0.6 is 11.6 Å². The Morgan fingerprint density at radius 1 is 1.08 bits per heavy atom. The highest BCUT2D eigenvalue weighted by Gasteiger charge is 2.19. The van der Waals surface area contributed by atoms with E-state index in [4.69, 9.17) is 16.1 Å². The third-order valence-electron chi connectivity index (χ3n) is 4.26. The monoisotopic (exact) mass is 340 g/mol. The molecule has 0 spiro atoms. The van der Waals surface area contributed by atoms with Crippen molar-refractivity contribution in [2.75, 3.05) is 5.32 Å². The van der Waals surface area contributed by atoms with Crippen LogP contribution in [0, 0.1) is 0 Å². The maximum absolute atomic E-state index is 5.92. The van der Waals surface area contributed by atoms with Crippen LogP contribution in [0.3, 0.4) is 0 Å². The highest BCUT2D eigenvalue weighted by atomic mass is 35.5. The van der Waals surface area contributed by atoms with Gasteiger partial charge in [-0.3, -0.25) is 0 Å². The lowest BCUT2D eigenvalue weighted by Crippen LogP contribution is -2.16. The highest BCUT2D eigenvalue weighted by Crippen LogP contribution is 2.30. The van der Waals surface area contributed by atoms with Gasteiger partial charge in [0.2, 0.25) is 5.82 Å². The molecule has 122 valence electrons. The van der Waals surface area contributed by atoms with E-state index in [2.05, 4.69) is 20.4 Å². The number of rotatable bonds is 4. The summed E-state index contributed by atoms with van der Waals surface area (Å²) in [4.78, 5) is 8.97. The maximum Gasteiger partial charge on any atom is 0.261 e. The second kappa shape index (κ2) is 6.61. The first-order valence-electron chi connectivity index (χ1n) is 8.11. The van der Waals surface area contributed by atoms with Crippen molar-refractivity contribution in [3.05, 3.63) is 47.6 Å². The van der Waals surface area contributed by atoms with Gasteiger partial charge in [0.25, 0.3) is 5.89 Å². The van der Waals surface area contributed by atoms with Crippen molar-refractivity contribution in [1.82, 2.24) is 15.1 Å². The quantitative estimate of drug-likeness (QED) is 0.738. The van der Waals surface area contributed by atoms with Crippen molar-refractivity contribution in [2.45, 2.75) is 31.7 Å². The van der Waals surface area contributed by atoms with Gasteiger partial charge >= 0.3 is 0 Å². The van der Waals surface area contributed by atoms with Crippen LogP contribution in [0.2, 0.25) is 5.02 Å². The number of hydrogen-bond acceptors (Lipinski definition) is 5. The minimum Gasteiger partial charge on any atom is -0.367 e. The van der Waals surface area contributed by atoms with E-state index < -0.39 is 0 Å². The predicted octanol–water partition coefficient (Wildman–Crippen LogP) is 4.81. The number of nitrogens with zero attached hydrogens (tertiary/aromatic N) is 3. The fourth-order valence-corrected chi connectivity index (χ4v) is 3.13. The van der Waals surface area contributed by atoms with Gasteiger partial charge in [0.05, 0.1) is 5.56 Å². The molecule has 0 amide bonds. The van der Waals surface area contributed by atoms with Gasteiger partial charge < -0.3 is 9.84 Å². The Labute approximate surface area is 145 Å². The van der Waals surface area contributed by atoms with E-state index in [-0.39, 0.29) is 0 Å². The molecule has 1 saturated carbocycles. The van der Waals surface area contributed by atoms with E-state index in [1.165, 1.54) is 25.7 Å². The summed E-state index contributed by atoms with van der Waals surface area (Å²) in [6.45, 7) is 0. The molecule has 1 N–H and O–H groups in total. The third-order valence-corrected chi connectivity index (χ3v) is 4.51. The summed E-state index contributed by atoms with van der Waals surface area (Å²) < 4.78 is 5.47. The van der Waals surface area contributed by atoms with Crippen LogP contribution < -0.4 is 5.32 Å². The van der Waals surface area contributed by atoms with E-state index in [9.17, 15) is 0 Å². The Kier molecular flexibility index (Phi) is 4.17. The van der Waals surface area contributed by atoms with E-state index >= 15 is 0 Å². The summed E-state index contributed by atoms with van der Waals surface area (Å²) in [5.41, 5.74) is 1.70. The first-order valence-corrected chi connectivity index (χ1v) is 8.49. The topological polar surface area (TPSA) is 63.8 Å². The number of pyridine rings is 1. The van der Waals surface area contributed by atoms with Gasteiger partial charge in [-0.05, 0) is 49.2 Å². The average Bonchev–Trinajstić information content (AvgIpc) is 3.28. The van der Waals surface area contributed by atoms with E-state index in [0.29, 0.717) is 22.8 Å². The molecule has 4 rings (SSSR count). The van der Waals surface area contributed by atoms with Crippen LogP contribution in [-0.2, 0) is 0 Å².